The summed E-state index contributed by atoms with van der Waals surface area (Å²) in [6.07, 6.45) is -4.67. The van der Waals surface area contributed by atoms with Gasteiger partial charge in [0.1, 0.15) is 0 Å². The second kappa shape index (κ2) is 82.1. The maximum atomic E-state index is 8.33. The zero-order valence-corrected chi connectivity index (χ0v) is 21.3. The number of hydrogen-bond donors (Lipinski definition) is 0. The largest absolute Gasteiger partial charge is 0.652 e. The molecule has 11 nitrogen and oxygen atoms in total. The molecule has 0 unspecified atom stereocenters. The minimum absolute atomic E-state index is 0. The fourth-order valence-corrected chi connectivity index (χ4v) is 0. The topological polar surface area (TPSA) is 272 Å². The van der Waals surface area contributed by atoms with Crippen LogP contribution >= 0.6 is 0 Å². The van der Waals surface area contributed by atoms with E-state index >= 15 is 0 Å². The van der Waals surface area contributed by atoms with Crippen LogP contribution in [-0.4, -0.2) is 123 Å². The molecular formula is C2H2Bi4O11-4. The Hall–Kier alpha value is 1.87. The van der Waals surface area contributed by atoms with Crippen molar-refractivity contribution in [3.63, 3.8) is 0 Å². The van der Waals surface area contributed by atoms with Gasteiger partial charge in [-0.15, -0.1) is 0 Å². The molecule has 0 saturated heterocycles. The Kier molecular flexibility index (Phi) is 470. The fourth-order valence-electron chi connectivity index (χ4n) is 0. The van der Waals surface area contributed by atoms with E-state index in [2.05, 4.69) is 0 Å². The van der Waals surface area contributed by atoms with E-state index in [-0.39, 0.29) is 132 Å². The second-order valence-corrected chi connectivity index (χ2v) is 0.500. The Balaban J connectivity index is -0.00000000308. The standard InChI is InChI=1S/2CH2O3.4Bi.H2O.4O/c2*2-1(3)4;;;;;;;;;/h2*(H2,2,3,4);;;;;1H2;;;;/p-4. The van der Waals surface area contributed by atoms with Crippen molar-refractivity contribution in [1.82, 2.24) is 0 Å². The van der Waals surface area contributed by atoms with Gasteiger partial charge in [0, 0.05) is 127 Å². The Labute approximate surface area is 172 Å². The molecule has 0 rings (SSSR count). The first-order valence-electron chi connectivity index (χ1n) is 1.22. The summed E-state index contributed by atoms with van der Waals surface area (Å²) in [6, 6.07) is 0. The maximum absolute atomic E-state index is 8.33. The maximum Gasteiger partial charge on any atom is 0 e. The summed E-state index contributed by atoms with van der Waals surface area (Å²) < 4.78 is 0. The van der Waals surface area contributed by atoms with Gasteiger partial charge in [0.25, 0.3) is 0 Å². The molecule has 15 heteroatoms. The molecule has 0 saturated carbocycles. The van der Waals surface area contributed by atoms with Crippen LogP contribution in [0.15, 0.2) is 0 Å². The van der Waals surface area contributed by atoms with Crippen molar-refractivity contribution in [1.29, 1.82) is 0 Å². The number of rotatable bonds is 0. The molecule has 0 bridgehead atoms. The van der Waals surface area contributed by atoms with Crippen LogP contribution in [0, 0.1) is 0 Å². The SMILES string of the molecule is O.O=C([O-])[O-].O=C([O-])[O-].[Bi].[Bi].[Bi].[Bi].[O].[O].[O].[O]. The van der Waals surface area contributed by atoms with Gasteiger partial charge >= 0.3 is 0 Å². The molecule has 0 spiro atoms. The van der Waals surface area contributed by atoms with Crippen molar-refractivity contribution in [3.8, 4) is 0 Å². The van der Waals surface area contributed by atoms with E-state index in [1.54, 1.807) is 0 Å². The summed E-state index contributed by atoms with van der Waals surface area (Å²) in [7, 11) is 0. The van der Waals surface area contributed by atoms with E-state index in [4.69, 9.17) is 30.0 Å². The average Bonchev–Trinajstić information content (AvgIpc) is 1.25. The first kappa shape index (κ1) is 97.3. The van der Waals surface area contributed by atoms with Crippen molar-refractivity contribution >= 4 is 117 Å². The van der Waals surface area contributed by atoms with Gasteiger partial charge in [-0.2, -0.15) is 0 Å². The molecule has 0 fully saturated rings. The molecular weight excluding hydrogens is 1040 g/mol. The van der Waals surface area contributed by atoms with Crippen LogP contribution < -0.4 is 20.4 Å². The molecule has 0 heterocycles. The predicted octanol–water partition coefficient (Wildman–Crippen LogP) is -7.72. The molecule has 0 aliphatic carbocycles. The van der Waals surface area contributed by atoms with Crippen molar-refractivity contribution in [2.75, 3.05) is 0 Å². The Bertz CT molecular complexity index is 79.5. The molecule has 0 aromatic rings. The number of carbonyl (C=O) groups excluding carboxylic acids is 2. The van der Waals surface area contributed by atoms with Gasteiger partial charge in [-0.25, -0.2) is 0 Å². The van der Waals surface area contributed by atoms with Crippen molar-refractivity contribution < 1.29 is 57.4 Å². The third-order valence-corrected chi connectivity index (χ3v) is 0. The summed E-state index contributed by atoms with van der Waals surface area (Å²) in [5, 5.41) is 33.3. The second-order valence-electron chi connectivity index (χ2n) is 0.500. The van der Waals surface area contributed by atoms with Crippen LogP contribution in [0.3, 0.4) is 0 Å². The molecule has 0 atom stereocenters. The van der Waals surface area contributed by atoms with E-state index < -0.39 is 12.3 Å². The third-order valence-electron chi connectivity index (χ3n) is 0. The van der Waals surface area contributed by atoms with Crippen LogP contribution in [0.2, 0.25) is 0 Å². The first-order valence-corrected chi connectivity index (χ1v) is 1.22. The van der Waals surface area contributed by atoms with E-state index in [0.717, 1.165) is 0 Å². The molecule has 20 radical (unpaired) electrons. The van der Waals surface area contributed by atoms with Crippen LogP contribution in [0.4, 0.5) is 9.59 Å². The molecule has 17 heavy (non-hydrogen) atoms. The normalized spacial score (nSPS) is 2.82. The zero-order valence-electron chi connectivity index (χ0n) is 7.37. The number of hydrogen-bond acceptors (Lipinski definition) is 6. The van der Waals surface area contributed by atoms with Crippen LogP contribution in [0.25, 0.3) is 0 Å². The number of carbonyl (C=O) groups is 2. The third kappa shape index (κ3) is 1280. The van der Waals surface area contributed by atoms with Crippen LogP contribution in [0.1, 0.15) is 0 Å². The van der Waals surface area contributed by atoms with Gasteiger partial charge < -0.3 is 35.5 Å². The van der Waals surface area contributed by atoms with E-state index in [9.17, 15) is 0 Å². The van der Waals surface area contributed by atoms with Crippen molar-refractivity contribution in [2.24, 2.45) is 0 Å². The molecule has 0 aromatic heterocycles. The van der Waals surface area contributed by atoms with Crippen LogP contribution in [0.5, 0.6) is 0 Å². The van der Waals surface area contributed by atoms with Gasteiger partial charge in [-0.1, -0.05) is 0 Å². The minimum Gasteiger partial charge on any atom is -0.652 e. The van der Waals surface area contributed by atoms with Gasteiger partial charge in [0.2, 0.25) is 0 Å². The first-order chi connectivity index (χ1) is 3.46. The quantitative estimate of drug-likeness (QED) is 0.213. The summed E-state index contributed by atoms with van der Waals surface area (Å²) in [4.78, 5) is 16.7. The summed E-state index contributed by atoms with van der Waals surface area (Å²) >= 11 is 0. The summed E-state index contributed by atoms with van der Waals surface area (Å²) in [5.41, 5.74) is 0. The van der Waals surface area contributed by atoms with Gasteiger partial charge in [0.05, 0.1) is 0 Å². The van der Waals surface area contributed by atoms with Crippen molar-refractivity contribution in [2.45, 2.75) is 0 Å². The minimum atomic E-state index is -2.33. The Morgan fingerprint density at radius 3 is 0.529 bits per heavy atom. The average molecular weight is 1040 g/mol. The van der Waals surface area contributed by atoms with E-state index in [1.165, 1.54) is 0 Å². The summed E-state index contributed by atoms with van der Waals surface area (Å²) in [5.74, 6) is 0. The molecule has 0 aliphatic rings. The molecule has 2 N–H and O–H groups in total. The van der Waals surface area contributed by atoms with Crippen molar-refractivity contribution in [3.05, 3.63) is 0 Å². The molecule has 0 aromatic carbocycles. The smallest absolute Gasteiger partial charge is 0 e. The van der Waals surface area contributed by atoms with Gasteiger partial charge in [-0.05, 0) is 12.3 Å². The molecule has 0 amide bonds. The van der Waals surface area contributed by atoms with Crippen LogP contribution in [-0.2, 0) is 21.9 Å². The van der Waals surface area contributed by atoms with Gasteiger partial charge in [-0.3, -0.25) is 0 Å². The predicted molar refractivity (Wildman–Crippen MR) is 40.2 cm³/mol. The summed E-state index contributed by atoms with van der Waals surface area (Å²) in [6.45, 7) is 0. The monoisotopic (exact) mass is 1040 g/mol. The van der Waals surface area contributed by atoms with Gasteiger partial charge in [0.15, 0.2) is 0 Å². The Morgan fingerprint density at radius 2 is 0.529 bits per heavy atom. The zero-order chi connectivity index (χ0) is 7.15. The molecule has 100 valence electrons. The van der Waals surface area contributed by atoms with E-state index in [0.29, 0.717) is 0 Å². The Morgan fingerprint density at radius 1 is 0.529 bits per heavy atom. The molecule has 0 aliphatic heterocycles. The fraction of sp³-hybridized carbons (Fsp3) is 0. The number of carboxylic acid groups (broad SMARTS) is 4. The van der Waals surface area contributed by atoms with E-state index in [1.807, 2.05) is 0 Å².